The monoisotopic (exact) mass is 511 g/mol. The zero-order valence-corrected chi connectivity index (χ0v) is 20.4. The first kappa shape index (κ1) is 25.0. The molecule has 2 aromatic heterocycles. The van der Waals surface area contributed by atoms with Crippen molar-refractivity contribution in [3.63, 3.8) is 0 Å². The average molecular weight is 512 g/mol. The lowest BCUT2D eigenvalue weighted by atomic mass is 9.94. The number of aromatic nitrogens is 3. The Kier molecular flexibility index (Phi) is 7.02. The molecular formula is C26H28F3N7O. The smallest absolute Gasteiger partial charge is 0.250 e. The number of rotatable bonds is 7. The molecule has 1 saturated heterocycles. The molecule has 194 valence electrons. The summed E-state index contributed by atoms with van der Waals surface area (Å²) in [6.07, 6.45) is 5.70. The van der Waals surface area contributed by atoms with E-state index in [9.17, 15) is 18.0 Å². The number of nitriles is 1. The Morgan fingerprint density at radius 3 is 2.81 bits per heavy atom. The average Bonchev–Trinajstić information content (AvgIpc) is 3.54. The maximum Gasteiger partial charge on any atom is 0.250 e. The van der Waals surface area contributed by atoms with E-state index >= 15 is 0 Å². The number of nitrogens with zero attached hydrogens (tertiary/aromatic N) is 5. The van der Waals surface area contributed by atoms with E-state index in [1.807, 2.05) is 6.07 Å². The summed E-state index contributed by atoms with van der Waals surface area (Å²) in [7, 11) is 0. The number of carbonyl (C=O) groups is 1. The minimum atomic E-state index is -1.40. The fourth-order valence-electron chi connectivity index (χ4n) is 4.72. The van der Waals surface area contributed by atoms with Crippen molar-refractivity contribution in [2.45, 2.75) is 57.0 Å². The molecule has 0 radical (unpaired) electrons. The summed E-state index contributed by atoms with van der Waals surface area (Å²) in [6.45, 7) is 2.70. The van der Waals surface area contributed by atoms with Gasteiger partial charge in [-0.2, -0.15) is 14.8 Å². The Hall–Kier alpha value is -3.65. The lowest BCUT2D eigenvalue weighted by Gasteiger charge is -2.34. The summed E-state index contributed by atoms with van der Waals surface area (Å²) in [5, 5.41) is 19.1. The zero-order valence-electron chi connectivity index (χ0n) is 20.4. The van der Waals surface area contributed by atoms with Gasteiger partial charge in [0.2, 0.25) is 11.9 Å². The Bertz CT molecular complexity index is 1290. The highest BCUT2D eigenvalue weighted by atomic mass is 19.1. The van der Waals surface area contributed by atoms with Crippen LogP contribution in [0.5, 0.6) is 0 Å². The molecule has 8 nitrogen and oxygen atoms in total. The summed E-state index contributed by atoms with van der Waals surface area (Å²) < 4.78 is 45.5. The highest BCUT2D eigenvalue weighted by molar-refractivity contribution is 5.97. The molecule has 11 heteroatoms. The molecule has 2 aromatic rings. The van der Waals surface area contributed by atoms with E-state index < -0.39 is 30.2 Å². The molecule has 2 fully saturated rings. The maximum atomic E-state index is 14.7. The maximum absolute atomic E-state index is 14.7. The molecule has 0 aromatic carbocycles. The molecule has 1 amide bonds. The van der Waals surface area contributed by atoms with Crippen LogP contribution in [0.1, 0.15) is 32.6 Å². The summed E-state index contributed by atoms with van der Waals surface area (Å²) >= 11 is 0. The van der Waals surface area contributed by atoms with Gasteiger partial charge in [0.15, 0.2) is 0 Å². The van der Waals surface area contributed by atoms with Crippen molar-refractivity contribution < 1.29 is 18.0 Å². The number of likely N-dealkylation sites (tertiary alicyclic amines) is 1. The van der Waals surface area contributed by atoms with E-state index in [0.29, 0.717) is 29.9 Å². The van der Waals surface area contributed by atoms with Crippen molar-refractivity contribution in [3.8, 4) is 17.2 Å². The number of alkyl halides is 2. The van der Waals surface area contributed by atoms with E-state index in [4.69, 9.17) is 5.26 Å². The lowest BCUT2D eigenvalue weighted by Crippen LogP contribution is -2.47. The molecule has 1 saturated carbocycles. The van der Waals surface area contributed by atoms with Crippen molar-refractivity contribution in [3.05, 3.63) is 47.8 Å². The van der Waals surface area contributed by atoms with Gasteiger partial charge < -0.3 is 10.6 Å². The van der Waals surface area contributed by atoms with Gasteiger partial charge in [-0.25, -0.2) is 18.4 Å². The number of pyridine rings is 1. The van der Waals surface area contributed by atoms with Gasteiger partial charge in [0.25, 0.3) is 0 Å². The second kappa shape index (κ2) is 10.4. The van der Waals surface area contributed by atoms with Crippen molar-refractivity contribution in [2.75, 3.05) is 25.0 Å². The molecule has 37 heavy (non-hydrogen) atoms. The van der Waals surface area contributed by atoms with Crippen LogP contribution < -0.4 is 10.6 Å². The summed E-state index contributed by atoms with van der Waals surface area (Å²) in [5.41, 5.74) is 2.43. The molecule has 3 aliphatic rings. The molecule has 0 spiro atoms. The SMILES string of the molecule is CC1=C(n2cc(-c3cc(N[C@H]4CCN(CC#N)C[C@H]4F)cnc3F)cn2)C=C(C(=O)NC2CC2)C(F)C1. The van der Waals surface area contributed by atoms with Gasteiger partial charge in [-0.3, -0.25) is 9.69 Å². The molecule has 5 rings (SSSR count). The van der Waals surface area contributed by atoms with Crippen molar-refractivity contribution in [2.24, 2.45) is 0 Å². The molecule has 0 bridgehead atoms. The Morgan fingerprint density at radius 2 is 2.08 bits per heavy atom. The van der Waals surface area contributed by atoms with Gasteiger partial charge in [0, 0.05) is 42.9 Å². The Balaban J connectivity index is 1.34. The van der Waals surface area contributed by atoms with Crippen LogP contribution in [0.25, 0.3) is 16.8 Å². The molecule has 1 unspecified atom stereocenters. The number of amides is 1. The van der Waals surface area contributed by atoms with Crippen LogP contribution in [0.3, 0.4) is 0 Å². The number of anilines is 1. The fourth-order valence-corrected chi connectivity index (χ4v) is 4.72. The van der Waals surface area contributed by atoms with Gasteiger partial charge in [-0.05, 0) is 43.9 Å². The molecule has 3 heterocycles. The minimum Gasteiger partial charge on any atom is -0.378 e. The van der Waals surface area contributed by atoms with Gasteiger partial charge in [-0.15, -0.1) is 0 Å². The number of nitrogens with one attached hydrogen (secondary N) is 2. The van der Waals surface area contributed by atoms with Crippen LogP contribution >= 0.6 is 0 Å². The standard InChI is InChI=1S/C26H28F3N7O/c1-15-8-21(27)20(26(37)34-17-2-3-17)10-24(15)36-13-16(11-32-36)19-9-18(12-31-25(19)29)33-23-4-6-35(7-5-30)14-22(23)28/h9-13,17,21-23,33H,2-4,6-8,14H2,1H3,(H,34,37)/t21?,22-,23+/m1/s1. The van der Waals surface area contributed by atoms with E-state index in [-0.39, 0.29) is 36.7 Å². The Morgan fingerprint density at radius 1 is 1.27 bits per heavy atom. The highest BCUT2D eigenvalue weighted by Gasteiger charge is 2.31. The lowest BCUT2D eigenvalue weighted by molar-refractivity contribution is -0.118. The van der Waals surface area contributed by atoms with Crippen molar-refractivity contribution in [1.29, 1.82) is 5.26 Å². The molecule has 2 aliphatic carbocycles. The third kappa shape index (κ3) is 5.54. The number of halogens is 3. The first-order valence-corrected chi connectivity index (χ1v) is 12.4. The number of carbonyl (C=O) groups excluding carboxylic acids is 1. The second-order valence-electron chi connectivity index (χ2n) is 9.87. The Labute approximate surface area is 212 Å². The number of piperidine rings is 1. The molecule has 2 N–H and O–H groups in total. The molecule has 1 aliphatic heterocycles. The second-order valence-corrected chi connectivity index (χ2v) is 9.87. The van der Waals surface area contributed by atoms with Crippen LogP contribution in [-0.2, 0) is 4.79 Å². The third-order valence-electron chi connectivity index (χ3n) is 6.98. The van der Waals surface area contributed by atoms with Crippen LogP contribution in [0.4, 0.5) is 18.9 Å². The van der Waals surface area contributed by atoms with Crippen molar-refractivity contribution >= 4 is 17.3 Å². The van der Waals surface area contributed by atoms with E-state index in [1.165, 1.54) is 23.2 Å². The number of allylic oxidation sites excluding steroid dienone is 3. The van der Waals surface area contributed by atoms with Gasteiger partial charge in [0.05, 0.1) is 48.0 Å². The van der Waals surface area contributed by atoms with Crippen molar-refractivity contribution in [1.82, 2.24) is 25.0 Å². The quantitative estimate of drug-likeness (QED) is 0.435. The van der Waals surface area contributed by atoms with Gasteiger partial charge in [0.1, 0.15) is 12.3 Å². The minimum absolute atomic E-state index is 0.0604. The highest BCUT2D eigenvalue weighted by Crippen LogP contribution is 2.32. The number of hydrogen-bond acceptors (Lipinski definition) is 6. The fraction of sp³-hybridized carbons (Fsp3) is 0.462. The molecular weight excluding hydrogens is 483 g/mol. The first-order chi connectivity index (χ1) is 17.8. The first-order valence-electron chi connectivity index (χ1n) is 12.4. The van der Waals surface area contributed by atoms with E-state index in [0.717, 1.165) is 18.4 Å². The van der Waals surface area contributed by atoms with E-state index in [2.05, 4.69) is 20.7 Å². The third-order valence-corrected chi connectivity index (χ3v) is 6.98. The van der Waals surface area contributed by atoms with Gasteiger partial charge >= 0.3 is 0 Å². The van der Waals surface area contributed by atoms with Gasteiger partial charge in [-0.1, -0.05) is 0 Å². The van der Waals surface area contributed by atoms with Crippen LogP contribution in [-0.4, -0.2) is 69.6 Å². The van der Waals surface area contributed by atoms with Crippen LogP contribution in [0.2, 0.25) is 0 Å². The summed E-state index contributed by atoms with van der Waals surface area (Å²) in [6, 6.07) is 3.23. The predicted octanol–water partition coefficient (Wildman–Crippen LogP) is 3.61. The molecule has 3 atom stereocenters. The number of hydrogen-bond donors (Lipinski definition) is 2. The largest absolute Gasteiger partial charge is 0.378 e. The zero-order chi connectivity index (χ0) is 26.1. The predicted molar refractivity (Wildman–Crippen MR) is 132 cm³/mol. The topological polar surface area (TPSA) is 98.9 Å². The summed E-state index contributed by atoms with van der Waals surface area (Å²) in [4.78, 5) is 18.1. The van der Waals surface area contributed by atoms with E-state index in [1.54, 1.807) is 24.1 Å². The van der Waals surface area contributed by atoms with Crippen LogP contribution in [0, 0.1) is 17.3 Å². The normalized spacial score (nSPS) is 24.4. The summed E-state index contributed by atoms with van der Waals surface area (Å²) in [5.74, 6) is -1.12. The van der Waals surface area contributed by atoms with Crippen LogP contribution in [0.15, 0.2) is 41.9 Å².